The number of halogens is 1. The lowest BCUT2D eigenvalue weighted by molar-refractivity contribution is 0.0912. The van der Waals surface area contributed by atoms with Gasteiger partial charge in [0.25, 0.3) is 5.91 Å². The van der Waals surface area contributed by atoms with Crippen molar-refractivity contribution in [1.82, 2.24) is 15.3 Å². The number of nitrogens with one attached hydrogen (secondary N) is 1. The largest absolute Gasteiger partial charge is 0.394 e. The van der Waals surface area contributed by atoms with Crippen LogP contribution in [0.25, 0.3) is 0 Å². The molecule has 0 spiro atoms. The van der Waals surface area contributed by atoms with Gasteiger partial charge in [-0.05, 0) is 24.1 Å². The maximum atomic E-state index is 11.9. The molecule has 1 unspecified atom stereocenters. The second kappa shape index (κ2) is 6.60. The van der Waals surface area contributed by atoms with Crippen LogP contribution < -0.4 is 5.32 Å². The lowest BCUT2D eigenvalue weighted by Crippen LogP contribution is -2.39. The van der Waals surface area contributed by atoms with Crippen LogP contribution in [0.2, 0.25) is 4.47 Å². The van der Waals surface area contributed by atoms with Crippen molar-refractivity contribution in [1.29, 1.82) is 0 Å². The average molecular weight is 298 g/mol. The number of aromatic nitrogens is 2. The van der Waals surface area contributed by atoms with Crippen LogP contribution in [0.5, 0.6) is 0 Å². The first kappa shape index (κ1) is 13.9. The van der Waals surface area contributed by atoms with Gasteiger partial charge < -0.3 is 10.4 Å². The standard InChI is InChI=1S/C12H12ClN3O2S/c13-12-16-10(7-19-12)11(18)15-9(6-17)5-8-1-3-14-4-2-8/h1-4,7,9,17H,5-6H2,(H,15,18). The third-order valence-corrected chi connectivity index (χ3v) is 3.47. The maximum Gasteiger partial charge on any atom is 0.271 e. The van der Waals surface area contributed by atoms with E-state index in [1.807, 2.05) is 12.1 Å². The molecule has 0 aliphatic rings. The van der Waals surface area contributed by atoms with Crippen LogP contribution >= 0.6 is 22.9 Å². The Kier molecular flexibility index (Phi) is 4.84. The molecule has 0 saturated carbocycles. The quantitative estimate of drug-likeness (QED) is 0.877. The van der Waals surface area contributed by atoms with Crippen molar-refractivity contribution in [2.24, 2.45) is 0 Å². The monoisotopic (exact) mass is 297 g/mol. The number of aliphatic hydroxyl groups is 1. The van der Waals surface area contributed by atoms with Gasteiger partial charge in [0.05, 0.1) is 12.6 Å². The molecule has 7 heteroatoms. The summed E-state index contributed by atoms with van der Waals surface area (Å²) >= 11 is 6.87. The minimum absolute atomic E-state index is 0.147. The van der Waals surface area contributed by atoms with Gasteiger partial charge in [0, 0.05) is 17.8 Å². The van der Waals surface area contributed by atoms with Crippen molar-refractivity contribution in [2.45, 2.75) is 12.5 Å². The molecule has 2 aromatic heterocycles. The highest BCUT2D eigenvalue weighted by Gasteiger charge is 2.15. The zero-order valence-electron chi connectivity index (χ0n) is 9.91. The summed E-state index contributed by atoms with van der Waals surface area (Å²) in [6.45, 7) is -0.147. The van der Waals surface area contributed by atoms with Crippen molar-refractivity contribution in [2.75, 3.05) is 6.61 Å². The Morgan fingerprint density at radius 1 is 1.47 bits per heavy atom. The number of amides is 1. The van der Waals surface area contributed by atoms with Crippen molar-refractivity contribution in [3.8, 4) is 0 Å². The lowest BCUT2D eigenvalue weighted by Gasteiger charge is -2.15. The zero-order valence-corrected chi connectivity index (χ0v) is 11.5. The van der Waals surface area contributed by atoms with Crippen LogP contribution in [-0.2, 0) is 6.42 Å². The number of rotatable bonds is 5. The Labute approximate surface area is 119 Å². The fraction of sp³-hybridized carbons (Fsp3) is 0.250. The molecule has 0 saturated heterocycles. The van der Waals surface area contributed by atoms with E-state index in [9.17, 15) is 9.90 Å². The highest BCUT2D eigenvalue weighted by molar-refractivity contribution is 7.14. The lowest BCUT2D eigenvalue weighted by atomic mass is 10.1. The van der Waals surface area contributed by atoms with Crippen molar-refractivity contribution in [3.63, 3.8) is 0 Å². The molecular weight excluding hydrogens is 286 g/mol. The van der Waals surface area contributed by atoms with E-state index in [4.69, 9.17) is 11.6 Å². The minimum atomic E-state index is -0.365. The van der Waals surface area contributed by atoms with Crippen LogP contribution in [0.1, 0.15) is 16.1 Å². The van der Waals surface area contributed by atoms with Gasteiger partial charge in [-0.15, -0.1) is 11.3 Å². The fourth-order valence-electron chi connectivity index (χ4n) is 1.58. The number of hydrogen-bond donors (Lipinski definition) is 2. The van der Waals surface area contributed by atoms with Crippen LogP contribution in [0, 0.1) is 0 Å². The second-order valence-electron chi connectivity index (χ2n) is 3.90. The van der Waals surface area contributed by atoms with E-state index in [-0.39, 0.29) is 24.2 Å². The summed E-state index contributed by atoms with van der Waals surface area (Å²) in [6, 6.07) is 3.32. The van der Waals surface area contributed by atoms with E-state index in [1.165, 1.54) is 11.3 Å². The Hall–Kier alpha value is -1.50. The van der Waals surface area contributed by atoms with Crippen molar-refractivity contribution < 1.29 is 9.90 Å². The Balaban J connectivity index is 1.97. The Morgan fingerprint density at radius 3 is 2.79 bits per heavy atom. The van der Waals surface area contributed by atoms with Gasteiger partial charge in [-0.1, -0.05) is 11.6 Å². The van der Waals surface area contributed by atoms with E-state index in [2.05, 4.69) is 15.3 Å². The normalized spacial score (nSPS) is 12.1. The molecule has 1 amide bonds. The van der Waals surface area contributed by atoms with Crippen LogP contribution in [0.15, 0.2) is 29.9 Å². The van der Waals surface area contributed by atoms with Gasteiger partial charge in [0.15, 0.2) is 4.47 Å². The van der Waals surface area contributed by atoms with Crippen molar-refractivity contribution >= 4 is 28.8 Å². The highest BCUT2D eigenvalue weighted by atomic mass is 35.5. The van der Waals surface area contributed by atoms with E-state index < -0.39 is 0 Å². The molecule has 2 rings (SSSR count). The summed E-state index contributed by atoms with van der Waals surface area (Å²) < 4.78 is 0.319. The zero-order chi connectivity index (χ0) is 13.7. The van der Waals surface area contributed by atoms with Gasteiger partial charge in [0.2, 0.25) is 0 Å². The summed E-state index contributed by atoms with van der Waals surface area (Å²) in [5.74, 6) is -0.337. The summed E-state index contributed by atoms with van der Waals surface area (Å²) in [6.07, 6.45) is 3.88. The third-order valence-electron chi connectivity index (χ3n) is 2.50. The molecule has 19 heavy (non-hydrogen) atoms. The number of carbonyl (C=O) groups excluding carboxylic acids is 1. The molecule has 2 N–H and O–H groups in total. The van der Waals surface area contributed by atoms with Gasteiger partial charge in [-0.3, -0.25) is 9.78 Å². The molecule has 5 nitrogen and oxygen atoms in total. The first-order valence-corrected chi connectivity index (χ1v) is 6.86. The van der Waals surface area contributed by atoms with Crippen LogP contribution in [0.4, 0.5) is 0 Å². The number of pyridine rings is 1. The van der Waals surface area contributed by atoms with E-state index >= 15 is 0 Å². The minimum Gasteiger partial charge on any atom is -0.394 e. The number of aliphatic hydroxyl groups excluding tert-OH is 1. The molecule has 2 aromatic rings. The van der Waals surface area contributed by atoms with Crippen LogP contribution in [0.3, 0.4) is 0 Å². The average Bonchev–Trinajstić information content (AvgIpc) is 2.86. The maximum absolute atomic E-state index is 11.9. The summed E-state index contributed by atoms with van der Waals surface area (Å²) in [5.41, 5.74) is 1.26. The molecular formula is C12H12ClN3O2S. The molecule has 0 aliphatic heterocycles. The molecule has 0 radical (unpaired) electrons. The van der Waals surface area contributed by atoms with E-state index in [0.29, 0.717) is 10.9 Å². The molecule has 0 aromatic carbocycles. The highest BCUT2D eigenvalue weighted by Crippen LogP contribution is 2.15. The number of hydrogen-bond acceptors (Lipinski definition) is 5. The number of nitrogens with zero attached hydrogens (tertiary/aromatic N) is 2. The third kappa shape index (κ3) is 3.99. The van der Waals surface area contributed by atoms with Crippen LogP contribution in [-0.4, -0.2) is 33.6 Å². The topological polar surface area (TPSA) is 75.1 Å². The van der Waals surface area contributed by atoms with Gasteiger partial charge in [0.1, 0.15) is 5.69 Å². The van der Waals surface area contributed by atoms with E-state index in [0.717, 1.165) is 5.56 Å². The summed E-state index contributed by atoms with van der Waals surface area (Å²) in [4.78, 5) is 19.7. The van der Waals surface area contributed by atoms with E-state index in [1.54, 1.807) is 17.8 Å². The first-order chi connectivity index (χ1) is 9.19. The molecule has 0 fully saturated rings. The first-order valence-electron chi connectivity index (χ1n) is 5.60. The summed E-state index contributed by atoms with van der Waals surface area (Å²) in [7, 11) is 0. The Bertz CT molecular complexity index is 547. The predicted octanol–water partition coefficient (Wildman–Crippen LogP) is 1.52. The molecule has 0 aliphatic carbocycles. The smallest absolute Gasteiger partial charge is 0.271 e. The van der Waals surface area contributed by atoms with Gasteiger partial charge in [-0.2, -0.15) is 0 Å². The summed E-state index contributed by atoms with van der Waals surface area (Å²) in [5, 5.41) is 13.6. The SMILES string of the molecule is O=C(NC(CO)Cc1ccncc1)c1csc(Cl)n1. The van der Waals surface area contributed by atoms with Crippen molar-refractivity contribution in [3.05, 3.63) is 45.6 Å². The predicted molar refractivity (Wildman–Crippen MR) is 73.4 cm³/mol. The van der Waals surface area contributed by atoms with Gasteiger partial charge >= 0.3 is 0 Å². The molecule has 100 valence electrons. The fourth-order valence-corrected chi connectivity index (χ4v) is 2.32. The molecule has 2 heterocycles. The number of thiazole rings is 1. The molecule has 0 bridgehead atoms. The molecule has 1 atom stereocenters. The number of carbonyl (C=O) groups is 1. The Morgan fingerprint density at radius 2 is 2.21 bits per heavy atom. The second-order valence-corrected chi connectivity index (χ2v) is 5.34. The van der Waals surface area contributed by atoms with Gasteiger partial charge in [-0.25, -0.2) is 4.98 Å².